The molecule has 1 heterocycles. The number of halogens is 2. The first-order valence-corrected chi connectivity index (χ1v) is 9.57. The third-order valence-electron chi connectivity index (χ3n) is 3.52. The zero-order chi connectivity index (χ0) is 19.2. The summed E-state index contributed by atoms with van der Waals surface area (Å²) in [7, 11) is 0. The topological polar surface area (TPSA) is 58.2 Å². The molecular formula is C20H14BrFN2O2S. The van der Waals surface area contributed by atoms with Crippen molar-refractivity contribution in [2.24, 2.45) is 0 Å². The van der Waals surface area contributed by atoms with Crippen molar-refractivity contribution in [1.29, 1.82) is 0 Å². The van der Waals surface area contributed by atoms with Gasteiger partial charge in [-0.25, -0.2) is 4.39 Å². The Hall–Kier alpha value is -2.77. The number of nitrogens with one attached hydrogen (secondary N) is 2. The Balaban J connectivity index is 1.85. The van der Waals surface area contributed by atoms with E-state index in [2.05, 4.69) is 26.6 Å². The van der Waals surface area contributed by atoms with Crippen LogP contribution in [0.5, 0.6) is 0 Å². The fourth-order valence-corrected chi connectivity index (χ4v) is 3.09. The third kappa shape index (κ3) is 5.35. The standard InChI is InChI=1S/C20H14BrFN2O2S/c21-14-5-3-13(4-6-14)12-17(24-20(26)18-2-1-11-27-18)19(25)23-16-9-7-15(22)8-10-16/h1-12H,(H,23,25)(H,24,26)/b17-12-. The monoisotopic (exact) mass is 444 g/mol. The second-order valence-electron chi connectivity index (χ2n) is 5.50. The van der Waals surface area contributed by atoms with Crippen molar-refractivity contribution in [2.75, 3.05) is 5.32 Å². The predicted molar refractivity (Wildman–Crippen MR) is 109 cm³/mol. The molecule has 0 unspecified atom stereocenters. The first-order valence-electron chi connectivity index (χ1n) is 7.90. The summed E-state index contributed by atoms with van der Waals surface area (Å²) in [6, 6.07) is 16.1. The van der Waals surface area contributed by atoms with E-state index in [4.69, 9.17) is 0 Å². The number of carbonyl (C=O) groups excluding carboxylic acids is 2. The Morgan fingerprint density at radius 1 is 1.00 bits per heavy atom. The molecule has 136 valence electrons. The highest BCUT2D eigenvalue weighted by molar-refractivity contribution is 9.10. The Kier molecular flexibility index (Phi) is 6.16. The van der Waals surface area contributed by atoms with E-state index in [9.17, 15) is 14.0 Å². The van der Waals surface area contributed by atoms with Crippen LogP contribution >= 0.6 is 27.3 Å². The van der Waals surface area contributed by atoms with Crippen LogP contribution in [-0.4, -0.2) is 11.8 Å². The van der Waals surface area contributed by atoms with Crippen LogP contribution in [0.2, 0.25) is 0 Å². The summed E-state index contributed by atoms with van der Waals surface area (Å²) in [5, 5.41) is 7.09. The molecule has 0 spiro atoms. The van der Waals surface area contributed by atoms with Gasteiger partial charge in [-0.05, 0) is 59.5 Å². The van der Waals surface area contributed by atoms with Gasteiger partial charge in [0, 0.05) is 10.2 Å². The van der Waals surface area contributed by atoms with Gasteiger partial charge in [0.25, 0.3) is 11.8 Å². The highest BCUT2D eigenvalue weighted by Gasteiger charge is 2.15. The number of hydrogen-bond acceptors (Lipinski definition) is 3. The van der Waals surface area contributed by atoms with Gasteiger partial charge in [0.15, 0.2) is 0 Å². The molecule has 0 radical (unpaired) electrons. The maximum Gasteiger partial charge on any atom is 0.272 e. The lowest BCUT2D eigenvalue weighted by atomic mass is 10.2. The quantitative estimate of drug-likeness (QED) is 0.540. The van der Waals surface area contributed by atoms with Crippen LogP contribution in [-0.2, 0) is 4.79 Å². The number of thiophene rings is 1. The molecule has 2 N–H and O–H groups in total. The molecule has 2 aromatic carbocycles. The number of carbonyl (C=O) groups is 2. The van der Waals surface area contributed by atoms with E-state index in [1.54, 1.807) is 23.6 Å². The lowest BCUT2D eigenvalue weighted by Crippen LogP contribution is -2.30. The van der Waals surface area contributed by atoms with Gasteiger partial charge in [-0.1, -0.05) is 34.1 Å². The van der Waals surface area contributed by atoms with Crippen LogP contribution in [0.1, 0.15) is 15.2 Å². The van der Waals surface area contributed by atoms with Crippen molar-refractivity contribution in [3.8, 4) is 0 Å². The van der Waals surface area contributed by atoms with Gasteiger partial charge in [-0.2, -0.15) is 0 Å². The molecule has 0 bridgehead atoms. The van der Waals surface area contributed by atoms with Crippen LogP contribution < -0.4 is 10.6 Å². The van der Waals surface area contributed by atoms with E-state index in [1.807, 2.05) is 24.3 Å². The summed E-state index contributed by atoms with van der Waals surface area (Å²) < 4.78 is 14.0. The summed E-state index contributed by atoms with van der Waals surface area (Å²) in [5.41, 5.74) is 1.25. The van der Waals surface area contributed by atoms with Crippen LogP contribution in [0.25, 0.3) is 6.08 Å². The molecule has 0 aliphatic rings. The Bertz CT molecular complexity index is 968. The second-order valence-corrected chi connectivity index (χ2v) is 7.37. The van der Waals surface area contributed by atoms with Gasteiger partial charge in [-0.15, -0.1) is 11.3 Å². The molecule has 0 atom stereocenters. The summed E-state index contributed by atoms with van der Waals surface area (Å²) >= 11 is 4.64. The van der Waals surface area contributed by atoms with Gasteiger partial charge in [0.1, 0.15) is 11.5 Å². The Morgan fingerprint density at radius 3 is 2.33 bits per heavy atom. The molecule has 0 fully saturated rings. The van der Waals surface area contributed by atoms with E-state index in [1.165, 1.54) is 35.6 Å². The largest absolute Gasteiger partial charge is 0.321 e. The lowest BCUT2D eigenvalue weighted by molar-refractivity contribution is -0.113. The first-order chi connectivity index (χ1) is 13.0. The molecule has 1 aromatic heterocycles. The highest BCUT2D eigenvalue weighted by Crippen LogP contribution is 2.16. The predicted octanol–water partition coefficient (Wildman–Crippen LogP) is 5.06. The third-order valence-corrected chi connectivity index (χ3v) is 4.92. The zero-order valence-electron chi connectivity index (χ0n) is 13.9. The molecule has 3 aromatic rings. The maximum atomic E-state index is 13.0. The van der Waals surface area contributed by atoms with Crippen molar-refractivity contribution in [3.05, 3.63) is 92.5 Å². The summed E-state index contributed by atoms with van der Waals surface area (Å²) in [6.45, 7) is 0. The molecular weight excluding hydrogens is 431 g/mol. The molecule has 27 heavy (non-hydrogen) atoms. The summed E-state index contributed by atoms with van der Waals surface area (Å²) in [4.78, 5) is 25.6. The molecule has 0 aliphatic heterocycles. The van der Waals surface area contributed by atoms with Crippen molar-refractivity contribution >= 4 is 50.8 Å². The van der Waals surface area contributed by atoms with Gasteiger partial charge < -0.3 is 10.6 Å². The van der Waals surface area contributed by atoms with Crippen LogP contribution in [0.15, 0.2) is 76.2 Å². The molecule has 2 amide bonds. The fraction of sp³-hybridized carbons (Fsp3) is 0. The number of benzene rings is 2. The number of rotatable bonds is 5. The minimum atomic E-state index is -0.505. The van der Waals surface area contributed by atoms with Crippen LogP contribution in [0.3, 0.4) is 0 Å². The SMILES string of the molecule is O=C(Nc1ccc(F)cc1)/C(=C/c1ccc(Br)cc1)NC(=O)c1cccs1. The summed E-state index contributed by atoms with van der Waals surface area (Å²) in [6.07, 6.45) is 1.58. The smallest absolute Gasteiger partial charge is 0.272 e. The molecule has 0 aliphatic carbocycles. The van der Waals surface area contributed by atoms with Crippen molar-refractivity contribution in [2.45, 2.75) is 0 Å². The first kappa shape index (κ1) is 19.0. The van der Waals surface area contributed by atoms with Gasteiger partial charge >= 0.3 is 0 Å². The van der Waals surface area contributed by atoms with E-state index >= 15 is 0 Å². The van der Waals surface area contributed by atoms with Gasteiger partial charge in [0.05, 0.1) is 4.88 Å². The number of hydrogen-bond donors (Lipinski definition) is 2. The van der Waals surface area contributed by atoms with Gasteiger partial charge in [-0.3, -0.25) is 9.59 Å². The second kappa shape index (κ2) is 8.75. The molecule has 0 saturated carbocycles. The Labute approximate surface area is 167 Å². The molecule has 3 rings (SSSR count). The van der Waals surface area contributed by atoms with E-state index in [0.717, 1.165) is 10.0 Å². The molecule has 7 heteroatoms. The van der Waals surface area contributed by atoms with Crippen LogP contribution in [0, 0.1) is 5.82 Å². The average molecular weight is 445 g/mol. The molecule has 4 nitrogen and oxygen atoms in total. The molecule has 0 saturated heterocycles. The van der Waals surface area contributed by atoms with E-state index < -0.39 is 11.7 Å². The normalized spacial score (nSPS) is 11.1. The minimum Gasteiger partial charge on any atom is -0.321 e. The van der Waals surface area contributed by atoms with E-state index in [0.29, 0.717) is 10.6 Å². The minimum absolute atomic E-state index is 0.0834. The maximum absolute atomic E-state index is 13.0. The Morgan fingerprint density at radius 2 is 1.70 bits per heavy atom. The lowest BCUT2D eigenvalue weighted by Gasteiger charge is -2.11. The average Bonchev–Trinajstić information content (AvgIpc) is 3.19. The fourth-order valence-electron chi connectivity index (χ4n) is 2.21. The van der Waals surface area contributed by atoms with Crippen molar-refractivity contribution < 1.29 is 14.0 Å². The van der Waals surface area contributed by atoms with Crippen molar-refractivity contribution in [3.63, 3.8) is 0 Å². The number of anilines is 1. The van der Waals surface area contributed by atoms with Gasteiger partial charge in [0.2, 0.25) is 0 Å². The summed E-state index contributed by atoms with van der Waals surface area (Å²) in [5.74, 6) is -1.28. The number of amides is 2. The highest BCUT2D eigenvalue weighted by atomic mass is 79.9. The van der Waals surface area contributed by atoms with Crippen molar-refractivity contribution in [1.82, 2.24) is 5.32 Å². The van der Waals surface area contributed by atoms with E-state index in [-0.39, 0.29) is 11.6 Å². The van der Waals surface area contributed by atoms with Crippen LogP contribution in [0.4, 0.5) is 10.1 Å². The zero-order valence-corrected chi connectivity index (χ0v) is 16.3.